The van der Waals surface area contributed by atoms with E-state index in [4.69, 9.17) is 4.74 Å². The number of rotatable bonds is 2. The minimum absolute atomic E-state index is 0.300. The van der Waals surface area contributed by atoms with Crippen LogP contribution in [0.1, 0.15) is 51.4 Å². The van der Waals surface area contributed by atoms with Crippen LogP contribution in [0.4, 0.5) is 0 Å². The third kappa shape index (κ3) is 2.59. The molecule has 1 heterocycles. The van der Waals surface area contributed by atoms with E-state index in [1.807, 2.05) is 7.05 Å². The average molecular weight is 277 g/mol. The van der Waals surface area contributed by atoms with E-state index < -0.39 is 0 Å². The molecule has 4 atom stereocenters. The first kappa shape index (κ1) is 14.3. The number of fused-ring (bicyclic) bond motifs is 1. The Morgan fingerprint density at radius 2 is 2.10 bits per heavy atom. The third-order valence-electron chi connectivity index (χ3n) is 5.66. The second kappa shape index (κ2) is 6.01. The monoisotopic (exact) mass is 277 g/mol. The smallest absolute Gasteiger partial charge is 0.108 e. The molecule has 0 amide bonds. The summed E-state index contributed by atoms with van der Waals surface area (Å²) in [7, 11) is 1.94. The second-order valence-corrected chi connectivity index (χ2v) is 6.69. The number of hydrogen-bond acceptors (Lipinski definition) is 4. The van der Waals surface area contributed by atoms with Gasteiger partial charge in [0, 0.05) is 18.6 Å². The fraction of sp³-hybridized carbons (Fsp3) is 0.938. The molecule has 4 heteroatoms. The minimum Gasteiger partial charge on any atom is -0.375 e. The maximum Gasteiger partial charge on any atom is 0.108 e. The number of nitrogens with zero attached hydrogens (tertiary/aromatic N) is 2. The van der Waals surface area contributed by atoms with E-state index in [1.54, 1.807) is 0 Å². The van der Waals surface area contributed by atoms with Crippen molar-refractivity contribution >= 4 is 0 Å². The Bertz CT molecular complexity index is 378. The summed E-state index contributed by atoms with van der Waals surface area (Å²) in [4.78, 5) is 2.69. The molecular weight excluding hydrogens is 250 g/mol. The summed E-state index contributed by atoms with van der Waals surface area (Å²) in [5, 5.41) is 12.8. The van der Waals surface area contributed by atoms with E-state index in [-0.39, 0.29) is 5.54 Å². The molecule has 0 radical (unpaired) electrons. The zero-order valence-electron chi connectivity index (χ0n) is 12.6. The highest BCUT2D eigenvalue weighted by atomic mass is 16.5. The first-order valence-corrected chi connectivity index (χ1v) is 8.25. The minimum atomic E-state index is -0.300. The van der Waals surface area contributed by atoms with Crippen LogP contribution in [0.15, 0.2) is 0 Å². The van der Waals surface area contributed by atoms with Crippen molar-refractivity contribution in [3.05, 3.63) is 0 Å². The number of nitriles is 1. The molecule has 112 valence electrons. The van der Waals surface area contributed by atoms with Gasteiger partial charge in [-0.25, -0.2) is 0 Å². The molecule has 2 saturated carbocycles. The van der Waals surface area contributed by atoms with Gasteiger partial charge in [-0.05, 0) is 45.6 Å². The van der Waals surface area contributed by atoms with Crippen molar-refractivity contribution < 1.29 is 4.74 Å². The second-order valence-electron chi connectivity index (χ2n) is 6.69. The molecule has 2 aliphatic carbocycles. The van der Waals surface area contributed by atoms with E-state index in [9.17, 15) is 5.26 Å². The Morgan fingerprint density at radius 1 is 1.25 bits per heavy atom. The van der Waals surface area contributed by atoms with Crippen molar-refractivity contribution in [3.63, 3.8) is 0 Å². The zero-order chi connectivity index (χ0) is 14.0. The predicted molar refractivity (Wildman–Crippen MR) is 78.4 cm³/mol. The van der Waals surface area contributed by atoms with E-state index in [0.717, 1.165) is 32.4 Å². The maximum absolute atomic E-state index is 9.53. The van der Waals surface area contributed by atoms with Crippen LogP contribution in [-0.4, -0.2) is 48.8 Å². The Hall–Kier alpha value is -0.630. The largest absolute Gasteiger partial charge is 0.375 e. The van der Waals surface area contributed by atoms with E-state index >= 15 is 0 Å². The highest BCUT2D eigenvalue weighted by Crippen LogP contribution is 2.36. The number of hydrogen-bond donors (Lipinski definition) is 1. The van der Waals surface area contributed by atoms with Crippen molar-refractivity contribution in [1.82, 2.24) is 10.2 Å². The highest BCUT2D eigenvalue weighted by molar-refractivity contribution is 5.11. The van der Waals surface area contributed by atoms with E-state index in [0.29, 0.717) is 18.2 Å². The highest BCUT2D eigenvalue weighted by Gasteiger charge is 2.42. The Balaban J connectivity index is 1.72. The van der Waals surface area contributed by atoms with Gasteiger partial charge >= 0.3 is 0 Å². The summed E-state index contributed by atoms with van der Waals surface area (Å²) < 4.78 is 5.99. The van der Waals surface area contributed by atoms with Crippen molar-refractivity contribution in [2.24, 2.45) is 0 Å². The van der Waals surface area contributed by atoms with Crippen LogP contribution in [-0.2, 0) is 4.74 Å². The van der Waals surface area contributed by atoms with Gasteiger partial charge in [0.2, 0.25) is 0 Å². The van der Waals surface area contributed by atoms with Gasteiger partial charge in [-0.15, -0.1) is 0 Å². The van der Waals surface area contributed by atoms with Gasteiger partial charge in [0.05, 0.1) is 18.8 Å². The molecule has 4 nitrogen and oxygen atoms in total. The lowest BCUT2D eigenvalue weighted by molar-refractivity contribution is -0.109. The molecule has 1 saturated heterocycles. The van der Waals surface area contributed by atoms with Crippen molar-refractivity contribution in [1.29, 1.82) is 5.26 Å². The molecular formula is C16H27N3O. The normalized spacial score (nSPS) is 42.7. The van der Waals surface area contributed by atoms with Crippen LogP contribution in [0, 0.1) is 11.3 Å². The molecule has 3 aliphatic rings. The molecule has 0 aromatic heterocycles. The Morgan fingerprint density at radius 3 is 2.90 bits per heavy atom. The molecule has 0 spiro atoms. The van der Waals surface area contributed by atoms with Crippen LogP contribution in [0.25, 0.3) is 0 Å². The lowest BCUT2D eigenvalue weighted by Crippen LogP contribution is -2.60. The molecule has 1 aliphatic heterocycles. The maximum atomic E-state index is 9.53. The van der Waals surface area contributed by atoms with Crippen molar-refractivity contribution in [2.75, 3.05) is 20.2 Å². The topological polar surface area (TPSA) is 48.3 Å². The Kier molecular flexibility index (Phi) is 4.30. The summed E-state index contributed by atoms with van der Waals surface area (Å²) >= 11 is 0. The van der Waals surface area contributed by atoms with Crippen LogP contribution >= 0.6 is 0 Å². The number of nitrogens with one attached hydrogen (secondary N) is 1. The van der Waals surface area contributed by atoms with Gasteiger partial charge in [-0.1, -0.05) is 12.8 Å². The van der Waals surface area contributed by atoms with Crippen molar-refractivity contribution in [2.45, 2.75) is 75.1 Å². The van der Waals surface area contributed by atoms with Gasteiger partial charge in [0.1, 0.15) is 5.54 Å². The van der Waals surface area contributed by atoms with Gasteiger partial charge in [-0.2, -0.15) is 5.26 Å². The fourth-order valence-electron chi connectivity index (χ4n) is 4.49. The third-order valence-corrected chi connectivity index (χ3v) is 5.66. The van der Waals surface area contributed by atoms with Crippen LogP contribution in [0.5, 0.6) is 0 Å². The SMILES string of the molecule is CNC1(C#N)CCCC(N2CCOC3CCCCC32)C1. The molecule has 3 rings (SSSR count). The lowest BCUT2D eigenvalue weighted by Gasteiger charge is -2.50. The summed E-state index contributed by atoms with van der Waals surface area (Å²) in [6, 6.07) is 3.71. The molecule has 0 bridgehead atoms. The standard InChI is InChI=1S/C16H27N3O/c1-18-16(12-17)8-4-5-13(11-16)19-9-10-20-15-7-3-2-6-14(15)19/h13-15,18H,2-11H2,1H3. The molecule has 4 unspecified atom stereocenters. The molecule has 0 aromatic rings. The average Bonchev–Trinajstić information content (AvgIpc) is 2.54. The Labute approximate surface area is 122 Å². The molecule has 0 aromatic carbocycles. The van der Waals surface area contributed by atoms with Crippen LogP contribution in [0.2, 0.25) is 0 Å². The molecule has 1 N–H and O–H groups in total. The quantitative estimate of drug-likeness (QED) is 0.839. The summed E-state index contributed by atoms with van der Waals surface area (Å²) in [6.45, 7) is 1.92. The van der Waals surface area contributed by atoms with Crippen LogP contribution < -0.4 is 5.32 Å². The first-order chi connectivity index (χ1) is 9.78. The summed E-state index contributed by atoms with van der Waals surface area (Å²) in [6.07, 6.45) is 9.98. The van der Waals surface area contributed by atoms with Gasteiger partial charge in [0.15, 0.2) is 0 Å². The first-order valence-electron chi connectivity index (χ1n) is 8.25. The van der Waals surface area contributed by atoms with Gasteiger partial charge < -0.3 is 10.1 Å². The zero-order valence-corrected chi connectivity index (χ0v) is 12.6. The van der Waals surface area contributed by atoms with E-state index in [2.05, 4.69) is 16.3 Å². The fourth-order valence-corrected chi connectivity index (χ4v) is 4.49. The summed E-state index contributed by atoms with van der Waals surface area (Å²) in [5.74, 6) is 0. The summed E-state index contributed by atoms with van der Waals surface area (Å²) in [5.41, 5.74) is -0.300. The van der Waals surface area contributed by atoms with Crippen molar-refractivity contribution in [3.8, 4) is 6.07 Å². The van der Waals surface area contributed by atoms with E-state index in [1.165, 1.54) is 32.1 Å². The predicted octanol–water partition coefficient (Wildman–Crippen LogP) is 2.05. The lowest BCUT2D eigenvalue weighted by atomic mass is 9.78. The van der Waals surface area contributed by atoms with Crippen LogP contribution in [0.3, 0.4) is 0 Å². The molecule has 20 heavy (non-hydrogen) atoms. The van der Waals surface area contributed by atoms with Gasteiger partial charge in [0.25, 0.3) is 0 Å². The molecule has 3 fully saturated rings. The number of morpholine rings is 1. The number of ether oxygens (including phenoxy) is 1. The van der Waals surface area contributed by atoms with Gasteiger partial charge in [-0.3, -0.25) is 4.90 Å².